The molecule has 0 spiro atoms. The lowest BCUT2D eigenvalue weighted by Crippen LogP contribution is -2.21. The molecule has 1 aliphatic rings. The molecule has 20 heavy (non-hydrogen) atoms. The van der Waals surface area contributed by atoms with Crippen molar-refractivity contribution in [3.8, 4) is 0 Å². The molecule has 2 aromatic heterocycles. The number of anilines is 1. The summed E-state index contributed by atoms with van der Waals surface area (Å²) >= 11 is 3.21. The fourth-order valence-electron chi connectivity index (χ4n) is 2.39. The molecule has 1 atom stereocenters. The fraction of sp³-hybridized carbons (Fsp3) is 0.364. The number of nitrogens with one attached hydrogen (secondary N) is 1. The minimum Gasteiger partial charge on any atom is -0.350 e. The zero-order chi connectivity index (χ0) is 14.1. The summed E-state index contributed by atoms with van der Waals surface area (Å²) in [4.78, 5) is 21.0. The van der Waals surface area contributed by atoms with Gasteiger partial charge in [-0.25, -0.2) is 9.97 Å². The lowest BCUT2D eigenvalue weighted by molar-refractivity contribution is -0.384. The Bertz CT molecular complexity index is 632. The van der Waals surface area contributed by atoms with Gasteiger partial charge in [0.25, 0.3) is 0 Å². The average molecular weight is 339 g/mol. The first-order chi connectivity index (χ1) is 9.65. The number of nitrogens with zero attached hydrogens (tertiary/aromatic N) is 5. The average Bonchev–Trinajstić information content (AvgIpc) is 3.09. The van der Waals surface area contributed by atoms with Crippen LogP contribution in [-0.4, -0.2) is 38.2 Å². The van der Waals surface area contributed by atoms with E-state index in [2.05, 4.69) is 36.1 Å². The van der Waals surface area contributed by atoms with Crippen LogP contribution in [0.2, 0.25) is 0 Å². The van der Waals surface area contributed by atoms with E-state index >= 15 is 0 Å². The topological polar surface area (TPSA) is 101 Å². The molecule has 1 fully saturated rings. The first-order valence-corrected chi connectivity index (χ1v) is 6.84. The summed E-state index contributed by atoms with van der Waals surface area (Å²) in [6, 6.07) is 1.48. The molecule has 1 saturated heterocycles. The summed E-state index contributed by atoms with van der Waals surface area (Å²) in [7, 11) is 0. The van der Waals surface area contributed by atoms with Crippen LogP contribution in [0.3, 0.4) is 0 Å². The van der Waals surface area contributed by atoms with Gasteiger partial charge in [0.2, 0.25) is 5.82 Å². The van der Waals surface area contributed by atoms with Gasteiger partial charge in [0.15, 0.2) is 0 Å². The van der Waals surface area contributed by atoms with Crippen molar-refractivity contribution in [1.29, 1.82) is 0 Å². The van der Waals surface area contributed by atoms with E-state index in [9.17, 15) is 10.1 Å². The molecule has 0 saturated carbocycles. The van der Waals surface area contributed by atoms with Crippen molar-refractivity contribution in [2.24, 2.45) is 0 Å². The van der Waals surface area contributed by atoms with E-state index in [1.807, 2.05) is 4.90 Å². The summed E-state index contributed by atoms with van der Waals surface area (Å²) in [5, 5.41) is 17.8. The highest BCUT2D eigenvalue weighted by molar-refractivity contribution is 9.10. The second-order valence-corrected chi connectivity index (χ2v) is 5.47. The first kappa shape index (κ1) is 13.0. The number of halogens is 1. The van der Waals surface area contributed by atoms with E-state index < -0.39 is 4.92 Å². The summed E-state index contributed by atoms with van der Waals surface area (Å²) < 4.78 is 0.596. The Morgan fingerprint density at radius 3 is 3.05 bits per heavy atom. The molecule has 0 radical (unpaired) electrons. The highest BCUT2D eigenvalue weighted by atomic mass is 79.9. The summed E-state index contributed by atoms with van der Waals surface area (Å²) in [6.07, 6.45) is 3.91. The largest absolute Gasteiger partial charge is 0.350 e. The lowest BCUT2D eigenvalue weighted by Gasteiger charge is -2.16. The maximum absolute atomic E-state index is 11.1. The van der Waals surface area contributed by atoms with Crippen LogP contribution in [-0.2, 0) is 0 Å². The van der Waals surface area contributed by atoms with Crippen LogP contribution in [0.4, 0.5) is 11.5 Å². The van der Waals surface area contributed by atoms with Crippen molar-refractivity contribution in [2.75, 3.05) is 18.0 Å². The summed E-state index contributed by atoms with van der Waals surface area (Å²) in [5.41, 5.74) is 0.0117. The van der Waals surface area contributed by atoms with Gasteiger partial charge in [0.1, 0.15) is 12.2 Å². The van der Waals surface area contributed by atoms with E-state index in [0.29, 0.717) is 23.4 Å². The number of aromatic nitrogens is 4. The fourth-order valence-corrected chi connectivity index (χ4v) is 2.71. The van der Waals surface area contributed by atoms with Crippen molar-refractivity contribution in [3.05, 3.63) is 39.0 Å². The highest BCUT2D eigenvalue weighted by Crippen LogP contribution is 2.34. The molecule has 2 aromatic rings. The van der Waals surface area contributed by atoms with E-state index in [1.165, 1.54) is 12.4 Å². The normalized spacial score (nSPS) is 18.4. The first-order valence-electron chi connectivity index (χ1n) is 6.05. The summed E-state index contributed by atoms with van der Waals surface area (Å²) in [6.45, 7) is 1.35. The molecule has 104 valence electrons. The Balaban J connectivity index is 1.86. The number of hydrogen-bond donors (Lipinski definition) is 1. The third kappa shape index (κ3) is 2.36. The quantitative estimate of drug-likeness (QED) is 0.677. The Hall–Kier alpha value is -2.03. The molecule has 1 N–H and O–H groups in total. The molecule has 1 aliphatic heterocycles. The highest BCUT2D eigenvalue weighted by Gasteiger charge is 2.31. The Morgan fingerprint density at radius 1 is 1.50 bits per heavy atom. The van der Waals surface area contributed by atoms with Crippen LogP contribution in [0.25, 0.3) is 0 Å². The van der Waals surface area contributed by atoms with E-state index in [4.69, 9.17) is 0 Å². The second kappa shape index (κ2) is 5.16. The van der Waals surface area contributed by atoms with Gasteiger partial charge in [-0.15, -0.1) is 0 Å². The molecule has 9 heteroatoms. The number of aromatic amines is 1. The number of rotatable bonds is 3. The van der Waals surface area contributed by atoms with Gasteiger partial charge >= 0.3 is 5.69 Å². The predicted octanol–water partition coefficient (Wildman–Crippen LogP) is 1.86. The molecular formula is C11H11BrN6O2. The minimum atomic E-state index is -0.408. The number of hydrogen-bond acceptors (Lipinski definition) is 6. The van der Waals surface area contributed by atoms with Crippen molar-refractivity contribution in [1.82, 2.24) is 20.2 Å². The Labute approximate surface area is 122 Å². The van der Waals surface area contributed by atoms with Gasteiger partial charge in [0, 0.05) is 35.7 Å². The van der Waals surface area contributed by atoms with Gasteiger partial charge in [0.05, 0.1) is 4.92 Å². The van der Waals surface area contributed by atoms with Crippen LogP contribution in [0.1, 0.15) is 18.2 Å². The van der Waals surface area contributed by atoms with Crippen LogP contribution in [0, 0.1) is 10.1 Å². The molecule has 1 unspecified atom stereocenters. The zero-order valence-electron chi connectivity index (χ0n) is 10.4. The van der Waals surface area contributed by atoms with Gasteiger partial charge in [-0.05, 0) is 22.4 Å². The van der Waals surface area contributed by atoms with Crippen LogP contribution >= 0.6 is 15.9 Å². The molecule has 3 heterocycles. The second-order valence-electron chi connectivity index (χ2n) is 4.56. The molecule has 8 nitrogen and oxygen atoms in total. The third-order valence-electron chi connectivity index (χ3n) is 3.32. The number of nitro groups is 1. The maximum atomic E-state index is 11.1. The van der Waals surface area contributed by atoms with Gasteiger partial charge in [-0.2, -0.15) is 5.10 Å². The van der Waals surface area contributed by atoms with Gasteiger partial charge in [-0.3, -0.25) is 15.2 Å². The number of pyridine rings is 1. The monoisotopic (exact) mass is 338 g/mol. The van der Waals surface area contributed by atoms with Crippen molar-refractivity contribution in [2.45, 2.75) is 12.3 Å². The van der Waals surface area contributed by atoms with Crippen molar-refractivity contribution < 1.29 is 4.92 Å². The van der Waals surface area contributed by atoms with E-state index in [0.717, 1.165) is 12.2 Å². The molecule has 0 bridgehead atoms. The van der Waals surface area contributed by atoms with Crippen molar-refractivity contribution >= 4 is 27.4 Å². The summed E-state index contributed by atoms with van der Waals surface area (Å²) in [5.74, 6) is 1.41. The van der Waals surface area contributed by atoms with E-state index in [-0.39, 0.29) is 11.6 Å². The lowest BCUT2D eigenvalue weighted by atomic mass is 10.1. The molecular weight excluding hydrogens is 328 g/mol. The van der Waals surface area contributed by atoms with E-state index in [1.54, 1.807) is 6.20 Å². The van der Waals surface area contributed by atoms with Crippen LogP contribution in [0.15, 0.2) is 23.1 Å². The van der Waals surface area contributed by atoms with Crippen molar-refractivity contribution in [3.63, 3.8) is 0 Å². The minimum absolute atomic E-state index is 0.0117. The van der Waals surface area contributed by atoms with Crippen LogP contribution in [0.5, 0.6) is 0 Å². The SMILES string of the molecule is O=[N+]([O-])c1cc(Br)cnc1N1CCC(c2ncn[nH]2)C1. The standard InChI is InChI=1S/C11H11BrN6O2/c12-8-3-9(18(19)20)11(13-4-8)17-2-1-7(5-17)10-14-6-15-16-10/h3-4,6-7H,1-2,5H2,(H,14,15,16). The Morgan fingerprint density at radius 2 is 2.35 bits per heavy atom. The predicted molar refractivity (Wildman–Crippen MR) is 74.5 cm³/mol. The maximum Gasteiger partial charge on any atom is 0.312 e. The van der Waals surface area contributed by atoms with Gasteiger partial charge < -0.3 is 4.90 Å². The molecule has 0 amide bonds. The third-order valence-corrected chi connectivity index (χ3v) is 3.75. The Kier molecular flexibility index (Phi) is 3.35. The van der Waals surface area contributed by atoms with Crippen LogP contribution < -0.4 is 4.90 Å². The molecule has 3 rings (SSSR count). The zero-order valence-corrected chi connectivity index (χ0v) is 11.9. The molecule has 0 aliphatic carbocycles. The molecule has 0 aromatic carbocycles. The smallest absolute Gasteiger partial charge is 0.312 e. The van der Waals surface area contributed by atoms with Gasteiger partial charge in [-0.1, -0.05) is 0 Å². The number of H-pyrrole nitrogens is 1.